The summed E-state index contributed by atoms with van der Waals surface area (Å²) in [6.45, 7) is 6.15. The number of nitrogens with zero attached hydrogens (tertiary/aromatic N) is 1. The minimum atomic E-state index is -1.24. The van der Waals surface area contributed by atoms with Crippen LogP contribution in [0.1, 0.15) is 39.2 Å². The molecule has 1 aliphatic rings. The molecule has 0 bridgehead atoms. The van der Waals surface area contributed by atoms with E-state index >= 15 is 0 Å². The zero-order valence-corrected chi connectivity index (χ0v) is 14.8. The molecule has 6 heteroatoms. The Morgan fingerprint density at radius 1 is 1.24 bits per heavy atom. The van der Waals surface area contributed by atoms with Gasteiger partial charge < -0.3 is 19.7 Å². The molecule has 1 aromatic carbocycles. The minimum Gasteiger partial charge on any atom is -0.444 e. The first-order chi connectivity index (χ1) is 11.7. The molecule has 0 spiro atoms. The number of amides is 1. The molecule has 1 fully saturated rings. The first kappa shape index (κ1) is 17.5. The number of carbonyl (C=O) groups is 1. The number of H-pyrrole nitrogens is 1. The summed E-state index contributed by atoms with van der Waals surface area (Å²) >= 11 is 0. The van der Waals surface area contributed by atoms with Gasteiger partial charge in [-0.3, -0.25) is 4.79 Å². The zero-order valence-electron chi connectivity index (χ0n) is 14.8. The largest absolute Gasteiger partial charge is 0.444 e. The van der Waals surface area contributed by atoms with E-state index in [1.54, 1.807) is 11.0 Å². The van der Waals surface area contributed by atoms with Crippen LogP contribution in [0.15, 0.2) is 35.1 Å². The van der Waals surface area contributed by atoms with E-state index in [9.17, 15) is 14.7 Å². The monoisotopic (exact) mass is 344 g/mol. The Morgan fingerprint density at radius 2 is 1.88 bits per heavy atom. The molecule has 134 valence electrons. The number of hydrogen-bond acceptors (Lipinski definition) is 4. The number of hydrogen-bond donors (Lipinski definition) is 2. The molecule has 3 rings (SSSR count). The predicted octanol–water partition coefficient (Wildman–Crippen LogP) is 2.75. The van der Waals surface area contributed by atoms with Crippen LogP contribution in [0.2, 0.25) is 0 Å². The lowest BCUT2D eigenvalue weighted by atomic mass is 9.84. The van der Waals surface area contributed by atoms with Gasteiger partial charge in [-0.15, -0.1) is 0 Å². The summed E-state index contributed by atoms with van der Waals surface area (Å²) in [5.74, 6) is 0. The Labute approximate surface area is 146 Å². The van der Waals surface area contributed by atoms with E-state index in [0.29, 0.717) is 31.5 Å². The van der Waals surface area contributed by atoms with Gasteiger partial charge in [-0.05, 0) is 51.1 Å². The number of aromatic nitrogens is 1. The number of pyridine rings is 1. The number of nitrogens with one attached hydrogen (secondary N) is 1. The number of aromatic amines is 1. The fraction of sp³-hybridized carbons (Fsp3) is 0.474. The molecule has 2 heterocycles. The SMILES string of the molecule is CC(C)(C)OC(=O)N1CCC(O)(c2cc3ccccc3[nH]c2=O)CC1. The molecule has 1 saturated heterocycles. The van der Waals surface area contributed by atoms with E-state index in [4.69, 9.17) is 4.74 Å². The third-order valence-corrected chi connectivity index (χ3v) is 4.50. The van der Waals surface area contributed by atoms with Crippen molar-refractivity contribution in [1.29, 1.82) is 0 Å². The van der Waals surface area contributed by atoms with E-state index in [1.165, 1.54) is 0 Å². The topological polar surface area (TPSA) is 82.6 Å². The van der Waals surface area contributed by atoms with Gasteiger partial charge >= 0.3 is 6.09 Å². The number of fused-ring (bicyclic) bond motifs is 1. The van der Waals surface area contributed by atoms with Crippen molar-refractivity contribution in [2.45, 2.75) is 44.8 Å². The second kappa shape index (κ2) is 6.19. The van der Waals surface area contributed by atoms with Gasteiger partial charge in [0.05, 0.1) is 5.60 Å². The van der Waals surface area contributed by atoms with Crippen molar-refractivity contribution in [3.05, 3.63) is 46.2 Å². The number of carbonyl (C=O) groups excluding carboxylic acids is 1. The Morgan fingerprint density at radius 3 is 2.52 bits per heavy atom. The summed E-state index contributed by atoms with van der Waals surface area (Å²) in [5.41, 5.74) is -0.982. The molecule has 1 amide bonds. The Kier molecular flexibility index (Phi) is 4.33. The first-order valence-electron chi connectivity index (χ1n) is 8.51. The highest BCUT2D eigenvalue weighted by Crippen LogP contribution is 2.32. The van der Waals surface area contributed by atoms with Crippen LogP contribution in [-0.4, -0.2) is 39.8 Å². The highest BCUT2D eigenvalue weighted by atomic mass is 16.6. The molecular weight excluding hydrogens is 320 g/mol. The summed E-state index contributed by atoms with van der Waals surface area (Å²) in [5, 5.41) is 11.9. The van der Waals surface area contributed by atoms with Crippen molar-refractivity contribution >= 4 is 17.0 Å². The average molecular weight is 344 g/mol. The predicted molar refractivity (Wildman–Crippen MR) is 95.5 cm³/mol. The van der Waals surface area contributed by atoms with E-state index in [-0.39, 0.29) is 11.7 Å². The number of piperidine rings is 1. The lowest BCUT2D eigenvalue weighted by Gasteiger charge is -2.38. The van der Waals surface area contributed by atoms with Crippen molar-refractivity contribution < 1.29 is 14.6 Å². The van der Waals surface area contributed by atoms with E-state index in [2.05, 4.69) is 4.98 Å². The zero-order chi connectivity index (χ0) is 18.2. The standard InChI is InChI=1S/C19H24N2O4/c1-18(2,3)25-17(23)21-10-8-19(24,9-11-21)14-12-13-6-4-5-7-15(13)20-16(14)22/h4-7,12,24H,8-11H2,1-3H3,(H,20,22). The Hall–Kier alpha value is -2.34. The van der Waals surface area contributed by atoms with Crippen molar-refractivity contribution in [3.63, 3.8) is 0 Å². The van der Waals surface area contributed by atoms with Crippen LogP contribution in [0.3, 0.4) is 0 Å². The smallest absolute Gasteiger partial charge is 0.410 e. The number of ether oxygens (including phenoxy) is 1. The van der Waals surface area contributed by atoms with Crippen LogP contribution >= 0.6 is 0 Å². The van der Waals surface area contributed by atoms with Crippen molar-refractivity contribution in [2.75, 3.05) is 13.1 Å². The number of para-hydroxylation sites is 1. The Balaban J connectivity index is 1.80. The second-order valence-electron chi connectivity index (χ2n) is 7.60. The fourth-order valence-electron chi connectivity index (χ4n) is 3.15. The van der Waals surface area contributed by atoms with Gasteiger partial charge in [-0.1, -0.05) is 18.2 Å². The summed E-state index contributed by atoms with van der Waals surface area (Å²) < 4.78 is 5.37. The van der Waals surface area contributed by atoms with Gasteiger partial charge in [0.25, 0.3) is 5.56 Å². The van der Waals surface area contributed by atoms with Gasteiger partial charge in [-0.25, -0.2) is 4.79 Å². The molecule has 2 N–H and O–H groups in total. The quantitative estimate of drug-likeness (QED) is 0.833. The van der Waals surface area contributed by atoms with Crippen LogP contribution in [0.4, 0.5) is 4.79 Å². The molecule has 1 aromatic heterocycles. The number of rotatable bonds is 1. The molecule has 25 heavy (non-hydrogen) atoms. The van der Waals surface area contributed by atoms with Crippen molar-refractivity contribution in [3.8, 4) is 0 Å². The van der Waals surface area contributed by atoms with Crippen LogP contribution in [0, 0.1) is 0 Å². The van der Waals surface area contributed by atoms with E-state index in [0.717, 1.165) is 10.9 Å². The van der Waals surface area contributed by atoms with Gasteiger partial charge in [0.1, 0.15) is 5.60 Å². The van der Waals surface area contributed by atoms with Gasteiger partial charge in [-0.2, -0.15) is 0 Å². The minimum absolute atomic E-state index is 0.285. The second-order valence-corrected chi connectivity index (χ2v) is 7.60. The van der Waals surface area contributed by atoms with Gasteiger partial charge in [0.2, 0.25) is 0 Å². The summed E-state index contributed by atoms with van der Waals surface area (Å²) in [6.07, 6.45) is 0.211. The number of likely N-dealkylation sites (tertiary alicyclic amines) is 1. The first-order valence-corrected chi connectivity index (χ1v) is 8.51. The number of aliphatic hydroxyl groups is 1. The number of benzene rings is 1. The lowest BCUT2D eigenvalue weighted by molar-refractivity contribution is -0.0363. The maximum atomic E-state index is 12.4. The van der Waals surface area contributed by atoms with Crippen LogP contribution < -0.4 is 5.56 Å². The molecule has 0 saturated carbocycles. The average Bonchev–Trinajstić information content (AvgIpc) is 2.53. The summed E-state index contributed by atoms with van der Waals surface area (Å²) in [6, 6.07) is 9.21. The van der Waals surface area contributed by atoms with Gasteiger partial charge in [0, 0.05) is 24.2 Å². The lowest BCUT2D eigenvalue weighted by Crippen LogP contribution is -2.48. The Bertz CT molecular complexity index is 842. The normalized spacial score (nSPS) is 17.5. The van der Waals surface area contributed by atoms with Crippen molar-refractivity contribution in [2.24, 2.45) is 0 Å². The van der Waals surface area contributed by atoms with Crippen LogP contribution in [0.5, 0.6) is 0 Å². The third kappa shape index (κ3) is 3.69. The molecule has 6 nitrogen and oxygen atoms in total. The molecule has 0 aliphatic carbocycles. The maximum absolute atomic E-state index is 12.4. The molecule has 0 radical (unpaired) electrons. The summed E-state index contributed by atoms with van der Waals surface area (Å²) in [4.78, 5) is 29.0. The van der Waals surface area contributed by atoms with E-state index in [1.807, 2.05) is 45.0 Å². The maximum Gasteiger partial charge on any atom is 0.410 e. The van der Waals surface area contributed by atoms with Crippen LogP contribution in [-0.2, 0) is 10.3 Å². The highest BCUT2D eigenvalue weighted by molar-refractivity contribution is 5.79. The molecule has 1 aliphatic heterocycles. The van der Waals surface area contributed by atoms with Crippen LogP contribution in [0.25, 0.3) is 10.9 Å². The van der Waals surface area contributed by atoms with E-state index < -0.39 is 11.2 Å². The molecule has 2 aromatic rings. The summed E-state index contributed by atoms with van der Waals surface area (Å²) in [7, 11) is 0. The third-order valence-electron chi connectivity index (χ3n) is 4.50. The molecule has 0 atom stereocenters. The fourth-order valence-corrected chi connectivity index (χ4v) is 3.15. The van der Waals surface area contributed by atoms with Gasteiger partial charge in [0.15, 0.2) is 0 Å². The highest BCUT2D eigenvalue weighted by Gasteiger charge is 2.38. The molecule has 0 unspecified atom stereocenters. The van der Waals surface area contributed by atoms with Crippen molar-refractivity contribution in [1.82, 2.24) is 9.88 Å². The molecular formula is C19H24N2O4.